The number of non-ortho nitro benzene ring substituents is 1. The highest BCUT2D eigenvalue weighted by molar-refractivity contribution is 5.61. The van der Waals surface area contributed by atoms with Gasteiger partial charge in [0, 0.05) is 25.3 Å². The average Bonchev–Trinajstić information content (AvgIpc) is 2.45. The summed E-state index contributed by atoms with van der Waals surface area (Å²) >= 11 is 0. The highest BCUT2D eigenvalue weighted by atomic mass is 16.6. The molecule has 6 heteroatoms. The van der Waals surface area contributed by atoms with Crippen molar-refractivity contribution in [3.63, 3.8) is 0 Å². The Morgan fingerprint density at radius 3 is 3.00 bits per heavy atom. The molecule has 0 aliphatic carbocycles. The van der Waals surface area contributed by atoms with Gasteiger partial charge in [-0.3, -0.25) is 10.1 Å². The van der Waals surface area contributed by atoms with Gasteiger partial charge in [-0.1, -0.05) is 0 Å². The van der Waals surface area contributed by atoms with Crippen LogP contribution in [0.25, 0.3) is 0 Å². The molecule has 1 N–H and O–H groups in total. The molecule has 0 saturated carbocycles. The molecule has 1 atom stereocenters. The van der Waals surface area contributed by atoms with Crippen LogP contribution in [0.3, 0.4) is 0 Å². The van der Waals surface area contributed by atoms with Gasteiger partial charge in [-0.05, 0) is 25.3 Å². The summed E-state index contributed by atoms with van der Waals surface area (Å²) in [5.74, 6) is 0. The van der Waals surface area contributed by atoms with Crippen LogP contribution in [0.1, 0.15) is 24.8 Å². The Labute approximate surface area is 111 Å². The van der Waals surface area contributed by atoms with Crippen molar-refractivity contribution in [2.24, 2.45) is 0 Å². The number of nitro groups is 1. The molecule has 0 spiro atoms. The van der Waals surface area contributed by atoms with E-state index in [0.29, 0.717) is 12.2 Å². The fourth-order valence-electron chi connectivity index (χ4n) is 2.08. The molecule has 6 nitrogen and oxygen atoms in total. The van der Waals surface area contributed by atoms with Gasteiger partial charge in [-0.25, -0.2) is 0 Å². The van der Waals surface area contributed by atoms with Crippen molar-refractivity contribution in [2.45, 2.75) is 25.4 Å². The van der Waals surface area contributed by atoms with E-state index in [2.05, 4.69) is 5.32 Å². The lowest BCUT2D eigenvalue weighted by molar-refractivity contribution is -0.384. The van der Waals surface area contributed by atoms with Gasteiger partial charge in [0.1, 0.15) is 6.07 Å². The van der Waals surface area contributed by atoms with Crippen molar-refractivity contribution in [2.75, 3.05) is 18.5 Å². The first kappa shape index (κ1) is 13.3. The topological polar surface area (TPSA) is 88.2 Å². The smallest absolute Gasteiger partial charge is 0.270 e. The molecule has 0 radical (unpaired) electrons. The van der Waals surface area contributed by atoms with Crippen molar-refractivity contribution < 1.29 is 9.66 Å². The minimum absolute atomic E-state index is 0.0731. The molecule has 0 aromatic heterocycles. The molecule has 1 aromatic carbocycles. The predicted octanol–water partition coefficient (Wildman–Crippen LogP) is 2.45. The van der Waals surface area contributed by atoms with Crippen LogP contribution in [-0.2, 0) is 4.74 Å². The molecule has 0 bridgehead atoms. The minimum Gasteiger partial charge on any atom is -0.381 e. The summed E-state index contributed by atoms with van der Waals surface area (Å²) in [6, 6.07) is 6.22. The van der Waals surface area contributed by atoms with Crippen LogP contribution in [-0.4, -0.2) is 24.2 Å². The Kier molecular flexibility index (Phi) is 4.31. The van der Waals surface area contributed by atoms with E-state index in [1.54, 1.807) is 6.07 Å². The monoisotopic (exact) mass is 261 g/mol. The Morgan fingerprint density at radius 1 is 1.53 bits per heavy atom. The van der Waals surface area contributed by atoms with Crippen LogP contribution < -0.4 is 5.32 Å². The lowest BCUT2D eigenvalue weighted by Crippen LogP contribution is -2.27. The zero-order valence-corrected chi connectivity index (χ0v) is 10.5. The van der Waals surface area contributed by atoms with Crippen molar-refractivity contribution in [1.29, 1.82) is 5.26 Å². The number of ether oxygens (including phenoxy) is 1. The highest BCUT2D eigenvalue weighted by Gasteiger charge is 2.15. The molecule has 1 aliphatic rings. The Morgan fingerprint density at radius 2 is 2.37 bits per heavy atom. The Balaban J connectivity index is 2.03. The molecule has 100 valence electrons. The largest absolute Gasteiger partial charge is 0.381 e. The molecule has 0 amide bonds. The van der Waals surface area contributed by atoms with E-state index in [-0.39, 0.29) is 17.4 Å². The minimum atomic E-state index is -0.505. The maximum atomic E-state index is 10.6. The first-order chi connectivity index (χ1) is 9.20. The first-order valence-electron chi connectivity index (χ1n) is 6.24. The van der Waals surface area contributed by atoms with Crippen LogP contribution in [0.15, 0.2) is 18.2 Å². The molecule has 1 saturated heterocycles. The van der Waals surface area contributed by atoms with Gasteiger partial charge in [0.25, 0.3) is 5.69 Å². The van der Waals surface area contributed by atoms with Gasteiger partial charge in [0.2, 0.25) is 0 Å². The number of hydrogen-bond donors (Lipinski definition) is 1. The second-order valence-corrected chi connectivity index (χ2v) is 4.47. The van der Waals surface area contributed by atoms with Gasteiger partial charge in [-0.2, -0.15) is 5.26 Å². The number of anilines is 1. The third kappa shape index (κ3) is 3.42. The second-order valence-electron chi connectivity index (χ2n) is 4.47. The summed E-state index contributed by atoms with van der Waals surface area (Å²) in [6.45, 7) is 1.39. The lowest BCUT2D eigenvalue weighted by atomic mass is 10.1. The summed E-state index contributed by atoms with van der Waals surface area (Å²) < 4.78 is 5.58. The van der Waals surface area contributed by atoms with Crippen LogP contribution in [0.2, 0.25) is 0 Å². The number of benzene rings is 1. The maximum Gasteiger partial charge on any atom is 0.270 e. The predicted molar refractivity (Wildman–Crippen MR) is 69.9 cm³/mol. The average molecular weight is 261 g/mol. The first-order valence-corrected chi connectivity index (χ1v) is 6.24. The summed E-state index contributed by atoms with van der Waals surface area (Å²) in [7, 11) is 0. The van der Waals surface area contributed by atoms with Gasteiger partial charge in [-0.15, -0.1) is 0 Å². The normalized spacial score (nSPS) is 18.6. The molecule has 19 heavy (non-hydrogen) atoms. The van der Waals surface area contributed by atoms with E-state index in [9.17, 15) is 10.1 Å². The fourth-order valence-corrected chi connectivity index (χ4v) is 2.08. The van der Waals surface area contributed by atoms with Gasteiger partial charge >= 0.3 is 0 Å². The van der Waals surface area contributed by atoms with Crippen molar-refractivity contribution in [1.82, 2.24) is 0 Å². The van der Waals surface area contributed by atoms with E-state index < -0.39 is 4.92 Å². The van der Waals surface area contributed by atoms with Crippen LogP contribution >= 0.6 is 0 Å². The second kappa shape index (κ2) is 6.16. The third-order valence-electron chi connectivity index (χ3n) is 3.13. The third-order valence-corrected chi connectivity index (χ3v) is 3.13. The van der Waals surface area contributed by atoms with Gasteiger partial charge in [0.05, 0.1) is 22.3 Å². The highest BCUT2D eigenvalue weighted by Crippen LogP contribution is 2.22. The standard InChI is InChI=1S/C13H15N3O3/c14-8-10-7-11(16(17)18)4-5-13(10)15-9-12-3-1-2-6-19-12/h4-5,7,12,15H,1-3,6,9H2. The maximum absolute atomic E-state index is 10.6. The van der Waals surface area contributed by atoms with Crippen molar-refractivity contribution in [3.05, 3.63) is 33.9 Å². The van der Waals surface area contributed by atoms with Crippen molar-refractivity contribution >= 4 is 11.4 Å². The van der Waals surface area contributed by atoms with Gasteiger partial charge in [0.15, 0.2) is 0 Å². The van der Waals surface area contributed by atoms with E-state index in [0.717, 1.165) is 25.9 Å². The number of nitriles is 1. The summed E-state index contributed by atoms with van der Waals surface area (Å²) in [4.78, 5) is 10.1. The zero-order valence-electron chi connectivity index (χ0n) is 10.5. The summed E-state index contributed by atoms with van der Waals surface area (Å²) in [5.41, 5.74) is 0.822. The van der Waals surface area contributed by atoms with Crippen LogP contribution in [0.4, 0.5) is 11.4 Å². The molecule has 2 rings (SSSR count). The molecule has 1 fully saturated rings. The van der Waals surface area contributed by atoms with Gasteiger partial charge < -0.3 is 10.1 Å². The van der Waals surface area contributed by atoms with Crippen LogP contribution in [0.5, 0.6) is 0 Å². The van der Waals surface area contributed by atoms with E-state index in [4.69, 9.17) is 10.00 Å². The molecule has 1 aliphatic heterocycles. The number of nitro benzene ring substituents is 1. The fraction of sp³-hybridized carbons (Fsp3) is 0.462. The van der Waals surface area contributed by atoms with Crippen molar-refractivity contribution in [3.8, 4) is 6.07 Å². The van der Waals surface area contributed by atoms with E-state index in [1.807, 2.05) is 6.07 Å². The zero-order chi connectivity index (χ0) is 13.7. The molecular weight excluding hydrogens is 246 g/mol. The summed E-state index contributed by atoms with van der Waals surface area (Å²) in [6.07, 6.45) is 3.40. The molecule has 1 aromatic rings. The Bertz CT molecular complexity index is 504. The van der Waals surface area contributed by atoms with Crippen LogP contribution in [0, 0.1) is 21.4 Å². The van der Waals surface area contributed by atoms with E-state index in [1.165, 1.54) is 12.1 Å². The number of nitrogens with zero attached hydrogens (tertiary/aromatic N) is 2. The number of hydrogen-bond acceptors (Lipinski definition) is 5. The SMILES string of the molecule is N#Cc1cc([N+](=O)[O-])ccc1NCC1CCCCO1. The number of rotatable bonds is 4. The quantitative estimate of drug-likeness (QED) is 0.664. The number of nitrogens with one attached hydrogen (secondary N) is 1. The lowest BCUT2D eigenvalue weighted by Gasteiger charge is -2.23. The molecular formula is C13H15N3O3. The van der Waals surface area contributed by atoms with E-state index >= 15 is 0 Å². The molecule has 1 heterocycles. The summed E-state index contributed by atoms with van der Waals surface area (Å²) in [5, 5.41) is 22.8. The molecule has 1 unspecified atom stereocenters. The Hall–Kier alpha value is -2.13.